The van der Waals surface area contributed by atoms with Crippen molar-refractivity contribution in [2.45, 2.75) is 24.8 Å². The maximum Gasteiger partial charge on any atom is 0.0626 e. The van der Waals surface area contributed by atoms with Gasteiger partial charge < -0.3 is 9.47 Å². The van der Waals surface area contributed by atoms with Crippen molar-refractivity contribution in [2.75, 3.05) is 4.90 Å². The first kappa shape index (κ1) is 39.4. The van der Waals surface area contributed by atoms with E-state index < -0.39 is 0 Å². The summed E-state index contributed by atoms with van der Waals surface area (Å²) < 4.78 is 2.51. The molecule has 314 valence electrons. The van der Waals surface area contributed by atoms with Crippen LogP contribution in [0.4, 0.5) is 5.69 Å². The summed E-state index contributed by atoms with van der Waals surface area (Å²) in [6.07, 6.45) is 13.3. The van der Waals surface area contributed by atoms with E-state index in [1.54, 1.807) is 0 Å². The van der Waals surface area contributed by atoms with Gasteiger partial charge in [-0.05, 0) is 121 Å². The van der Waals surface area contributed by atoms with E-state index in [1.165, 1.54) is 94.4 Å². The molecular weight excluding hydrogens is 797 g/mol. The Labute approximate surface area is 387 Å². The van der Waals surface area contributed by atoms with Crippen LogP contribution in [0, 0.1) is 0 Å². The lowest BCUT2D eigenvalue weighted by atomic mass is 9.85. The number of anilines is 1. The van der Waals surface area contributed by atoms with E-state index in [4.69, 9.17) is 0 Å². The predicted octanol–water partition coefficient (Wildman–Crippen LogP) is 17.0. The van der Waals surface area contributed by atoms with Gasteiger partial charge in [-0.15, -0.1) is 0 Å². The fourth-order valence-corrected chi connectivity index (χ4v) is 10.6. The summed E-state index contributed by atoms with van der Waals surface area (Å²) in [4.78, 5) is 2.58. The molecule has 2 atom stereocenters. The maximum absolute atomic E-state index is 2.58. The van der Waals surface area contributed by atoms with Crippen molar-refractivity contribution in [3.05, 3.63) is 272 Å². The highest BCUT2D eigenvalue weighted by Crippen LogP contribution is 2.49. The standard InChI is InChI=1S/C64H48N2/c1-7-19-45(20-8-1)46-31-33-52(34-32-46)64-56-38-36-53(65-59(47-21-9-2-10-22-47)39-40-60(65)48-23-11-3-12-24-48)43-57(56)63(51-29-17-6-18-30-51)55-37-35-54(44-58(55)64)66-61(49-25-13-4-14-26-49)41-42-62(66)50-27-15-5-16-28-50/h1-23,25-41,43-44,48,62H,24,42H2. The third-order valence-electron chi connectivity index (χ3n) is 13.7. The van der Waals surface area contributed by atoms with Crippen LogP contribution in [0.3, 0.4) is 0 Å². The molecule has 12 rings (SSSR count). The van der Waals surface area contributed by atoms with Crippen LogP contribution in [0.1, 0.15) is 41.6 Å². The van der Waals surface area contributed by atoms with Crippen molar-refractivity contribution in [3.8, 4) is 50.3 Å². The first-order valence-corrected chi connectivity index (χ1v) is 23.2. The first-order valence-electron chi connectivity index (χ1n) is 23.2. The van der Waals surface area contributed by atoms with Gasteiger partial charge in [-0.2, -0.15) is 0 Å². The molecule has 0 saturated carbocycles. The van der Waals surface area contributed by atoms with Crippen molar-refractivity contribution < 1.29 is 0 Å². The van der Waals surface area contributed by atoms with Crippen LogP contribution in [0.2, 0.25) is 0 Å². The summed E-state index contributed by atoms with van der Waals surface area (Å²) in [5.41, 5.74) is 17.1. The molecule has 0 N–H and O–H groups in total. The molecule has 2 heteroatoms. The zero-order valence-corrected chi connectivity index (χ0v) is 36.7. The van der Waals surface area contributed by atoms with E-state index in [1.807, 2.05) is 0 Å². The van der Waals surface area contributed by atoms with Gasteiger partial charge in [-0.3, -0.25) is 0 Å². The molecule has 1 aliphatic heterocycles. The molecule has 0 radical (unpaired) electrons. The quantitative estimate of drug-likeness (QED) is 0.131. The molecule has 1 aliphatic carbocycles. The fraction of sp³-hybridized carbons (Fsp3) is 0.0625. The Morgan fingerprint density at radius 3 is 1.52 bits per heavy atom. The van der Waals surface area contributed by atoms with E-state index in [0.29, 0.717) is 0 Å². The van der Waals surface area contributed by atoms with Gasteiger partial charge in [0.25, 0.3) is 0 Å². The first-order chi connectivity index (χ1) is 32.8. The van der Waals surface area contributed by atoms with Crippen LogP contribution < -0.4 is 4.90 Å². The Bertz CT molecular complexity index is 3440. The van der Waals surface area contributed by atoms with E-state index in [0.717, 1.165) is 18.5 Å². The van der Waals surface area contributed by atoms with Crippen molar-refractivity contribution >= 4 is 32.9 Å². The van der Waals surface area contributed by atoms with Gasteiger partial charge in [0, 0.05) is 28.7 Å². The number of benzene rings is 9. The van der Waals surface area contributed by atoms with E-state index in [9.17, 15) is 0 Å². The average molecular weight is 845 g/mol. The predicted molar refractivity (Wildman–Crippen MR) is 279 cm³/mol. The van der Waals surface area contributed by atoms with Gasteiger partial charge >= 0.3 is 0 Å². The van der Waals surface area contributed by atoms with Gasteiger partial charge in [0.2, 0.25) is 0 Å². The smallest absolute Gasteiger partial charge is 0.0626 e. The highest BCUT2D eigenvalue weighted by atomic mass is 15.2. The Morgan fingerprint density at radius 1 is 0.379 bits per heavy atom. The molecule has 0 spiro atoms. The normalized spacial score (nSPS) is 15.7. The Morgan fingerprint density at radius 2 is 0.894 bits per heavy atom. The van der Waals surface area contributed by atoms with Crippen LogP contribution in [0.15, 0.2) is 255 Å². The van der Waals surface area contributed by atoms with Crippen LogP contribution in [-0.4, -0.2) is 4.57 Å². The second-order valence-electron chi connectivity index (χ2n) is 17.5. The maximum atomic E-state index is 2.58. The summed E-state index contributed by atoms with van der Waals surface area (Å²) in [5, 5.41) is 4.92. The highest BCUT2D eigenvalue weighted by Gasteiger charge is 2.31. The molecule has 0 saturated heterocycles. The van der Waals surface area contributed by atoms with E-state index >= 15 is 0 Å². The second kappa shape index (κ2) is 17.1. The molecule has 2 aliphatic rings. The number of rotatable bonds is 9. The van der Waals surface area contributed by atoms with Crippen molar-refractivity contribution in [3.63, 3.8) is 0 Å². The largest absolute Gasteiger partial charge is 0.333 e. The molecule has 10 aromatic rings. The summed E-state index contributed by atoms with van der Waals surface area (Å²) in [6, 6.07) is 83.0. The Hall–Kier alpha value is -8.20. The SMILES string of the molecule is C1=CCC(c2ccc(-c3ccccc3)n2-c2ccc3c(-c4ccc(-c5ccccc5)cc4)c4cc(N5C(c6ccccc6)=CCC5c5ccccc5)ccc4c(-c4ccccc4)c3c2)C=C1. The number of hydrogen-bond acceptors (Lipinski definition) is 1. The van der Waals surface area contributed by atoms with Crippen LogP contribution in [0.5, 0.6) is 0 Å². The number of aromatic nitrogens is 1. The lowest BCUT2D eigenvalue weighted by Gasteiger charge is -2.31. The van der Waals surface area contributed by atoms with Crippen molar-refractivity contribution in [1.29, 1.82) is 0 Å². The summed E-state index contributed by atoms with van der Waals surface area (Å²) in [5.74, 6) is 0.269. The average Bonchev–Trinajstić information content (AvgIpc) is 4.06. The third-order valence-corrected chi connectivity index (χ3v) is 13.7. The lowest BCUT2D eigenvalue weighted by molar-refractivity contribution is 0.749. The molecule has 66 heavy (non-hydrogen) atoms. The second-order valence-corrected chi connectivity index (χ2v) is 17.5. The molecule has 1 aromatic heterocycles. The summed E-state index contributed by atoms with van der Waals surface area (Å²) in [6.45, 7) is 0. The minimum atomic E-state index is 0.160. The monoisotopic (exact) mass is 844 g/mol. The zero-order chi connectivity index (χ0) is 43.8. The summed E-state index contributed by atoms with van der Waals surface area (Å²) >= 11 is 0. The topological polar surface area (TPSA) is 8.17 Å². The van der Waals surface area contributed by atoms with Crippen LogP contribution in [-0.2, 0) is 0 Å². The van der Waals surface area contributed by atoms with E-state index in [-0.39, 0.29) is 12.0 Å². The highest BCUT2D eigenvalue weighted by molar-refractivity contribution is 6.22. The molecule has 9 aromatic carbocycles. The Kier molecular flexibility index (Phi) is 10.2. The molecule has 0 fully saturated rings. The molecule has 2 nitrogen and oxygen atoms in total. The van der Waals surface area contributed by atoms with Crippen LogP contribution in [0.25, 0.3) is 77.6 Å². The minimum Gasteiger partial charge on any atom is -0.333 e. The van der Waals surface area contributed by atoms with Gasteiger partial charge in [0.05, 0.1) is 11.7 Å². The van der Waals surface area contributed by atoms with Gasteiger partial charge in [-0.1, -0.05) is 218 Å². The molecule has 2 heterocycles. The molecule has 0 amide bonds. The Balaban J connectivity index is 1.14. The summed E-state index contributed by atoms with van der Waals surface area (Å²) in [7, 11) is 0. The van der Waals surface area contributed by atoms with Crippen molar-refractivity contribution in [1.82, 2.24) is 4.57 Å². The van der Waals surface area contributed by atoms with Gasteiger partial charge in [-0.25, -0.2) is 0 Å². The zero-order valence-electron chi connectivity index (χ0n) is 36.7. The third kappa shape index (κ3) is 7.08. The van der Waals surface area contributed by atoms with E-state index in [2.05, 4.69) is 264 Å². The molecular formula is C64H48N2. The number of allylic oxidation sites excluding steroid dienone is 4. The van der Waals surface area contributed by atoms with Gasteiger partial charge in [0.15, 0.2) is 0 Å². The molecule has 0 bridgehead atoms. The fourth-order valence-electron chi connectivity index (χ4n) is 10.6. The van der Waals surface area contributed by atoms with Crippen molar-refractivity contribution in [2.24, 2.45) is 0 Å². The lowest BCUT2D eigenvalue weighted by Crippen LogP contribution is -2.22. The number of nitrogens with zero attached hydrogens (tertiary/aromatic N) is 2. The minimum absolute atomic E-state index is 0.160. The number of hydrogen-bond donors (Lipinski definition) is 0. The molecule has 2 unspecified atom stereocenters. The number of fused-ring (bicyclic) bond motifs is 2. The van der Waals surface area contributed by atoms with Gasteiger partial charge in [0.1, 0.15) is 0 Å². The van der Waals surface area contributed by atoms with Crippen LogP contribution >= 0.6 is 0 Å².